The second-order valence-electron chi connectivity index (χ2n) is 5.86. The molecule has 1 heterocycles. The first kappa shape index (κ1) is 17.0. The van der Waals surface area contributed by atoms with Gasteiger partial charge in [0.2, 0.25) is 11.8 Å². The van der Waals surface area contributed by atoms with E-state index in [0.717, 1.165) is 25.9 Å². The highest BCUT2D eigenvalue weighted by Crippen LogP contribution is 2.49. The van der Waals surface area contributed by atoms with Gasteiger partial charge in [-0.25, -0.2) is 0 Å². The van der Waals surface area contributed by atoms with Gasteiger partial charge in [0, 0.05) is 47.6 Å². The monoisotopic (exact) mass is 322 g/mol. The molecular weight excluding hydrogens is 296 g/mol. The fourth-order valence-corrected chi connectivity index (χ4v) is 3.82. The standard InChI is InChI=1S/C17H26N2O2S/c1-4-19(5-2)16(20)7-6-10-18-17(21)14-11-13(14)15-9-8-12(3)22-15/h8-9,13-14H,4-7,10-11H2,1-3H3,(H,18,21)/t13-,14+/m1/s1. The first-order chi connectivity index (χ1) is 10.6. The SMILES string of the molecule is CCN(CC)C(=O)CCCNC(=O)[C@H]1C[C@H]1c1ccc(C)s1. The largest absolute Gasteiger partial charge is 0.356 e. The van der Waals surface area contributed by atoms with E-state index in [1.807, 2.05) is 18.7 Å². The van der Waals surface area contributed by atoms with Crippen molar-refractivity contribution in [2.45, 2.75) is 46.0 Å². The van der Waals surface area contributed by atoms with E-state index in [0.29, 0.717) is 18.9 Å². The quantitative estimate of drug-likeness (QED) is 0.748. The molecule has 4 nitrogen and oxygen atoms in total. The number of thiophene rings is 1. The van der Waals surface area contributed by atoms with Gasteiger partial charge in [-0.3, -0.25) is 9.59 Å². The van der Waals surface area contributed by atoms with E-state index in [1.54, 1.807) is 11.3 Å². The Balaban J connectivity index is 1.64. The van der Waals surface area contributed by atoms with Crippen molar-refractivity contribution in [1.29, 1.82) is 0 Å². The van der Waals surface area contributed by atoms with Crippen molar-refractivity contribution < 1.29 is 9.59 Å². The molecule has 0 spiro atoms. The zero-order chi connectivity index (χ0) is 16.1. The van der Waals surface area contributed by atoms with E-state index >= 15 is 0 Å². The summed E-state index contributed by atoms with van der Waals surface area (Å²) in [6, 6.07) is 4.26. The summed E-state index contributed by atoms with van der Waals surface area (Å²) < 4.78 is 0. The van der Waals surface area contributed by atoms with Gasteiger partial charge in [-0.15, -0.1) is 11.3 Å². The van der Waals surface area contributed by atoms with Gasteiger partial charge < -0.3 is 10.2 Å². The minimum Gasteiger partial charge on any atom is -0.356 e. The minimum atomic E-state index is 0.136. The van der Waals surface area contributed by atoms with E-state index in [-0.39, 0.29) is 17.7 Å². The Labute approximate surface area is 136 Å². The van der Waals surface area contributed by atoms with Crippen LogP contribution in [0.25, 0.3) is 0 Å². The number of rotatable bonds is 8. The lowest BCUT2D eigenvalue weighted by Crippen LogP contribution is -2.32. The van der Waals surface area contributed by atoms with Crippen LogP contribution in [0, 0.1) is 12.8 Å². The minimum absolute atomic E-state index is 0.136. The molecule has 122 valence electrons. The van der Waals surface area contributed by atoms with Crippen molar-refractivity contribution in [3.8, 4) is 0 Å². The predicted octanol–water partition coefficient (Wildman–Crippen LogP) is 2.92. The van der Waals surface area contributed by atoms with Crippen molar-refractivity contribution in [2.24, 2.45) is 5.92 Å². The molecule has 0 radical (unpaired) electrons. The molecule has 22 heavy (non-hydrogen) atoms. The fourth-order valence-electron chi connectivity index (χ4n) is 2.77. The molecule has 0 unspecified atom stereocenters. The van der Waals surface area contributed by atoms with Crippen LogP contribution in [0.4, 0.5) is 0 Å². The first-order valence-electron chi connectivity index (χ1n) is 8.18. The Morgan fingerprint density at radius 2 is 2.05 bits per heavy atom. The maximum Gasteiger partial charge on any atom is 0.223 e. The Kier molecular flexibility index (Phi) is 6.00. The van der Waals surface area contributed by atoms with Gasteiger partial charge in [-0.2, -0.15) is 0 Å². The van der Waals surface area contributed by atoms with Crippen LogP contribution < -0.4 is 5.32 Å². The molecule has 5 heteroatoms. The molecule has 0 aliphatic heterocycles. The molecule has 1 saturated carbocycles. The van der Waals surface area contributed by atoms with Crippen molar-refractivity contribution in [2.75, 3.05) is 19.6 Å². The van der Waals surface area contributed by atoms with Crippen LogP contribution in [-0.4, -0.2) is 36.3 Å². The Bertz CT molecular complexity index is 522. The van der Waals surface area contributed by atoms with Gasteiger partial charge in [-0.1, -0.05) is 0 Å². The molecule has 2 amide bonds. The highest BCUT2D eigenvalue weighted by molar-refractivity contribution is 7.12. The summed E-state index contributed by atoms with van der Waals surface area (Å²) in [6.07, 6.45) is 2.20. The number of hydrogen-bond acceptors (Lipinski definition) is 3. The van der Waals surface area contributed by atoms with Gasteiger partial charge in [0.1, 0.15) is 0 Å². The summed E-state index contributed by atoms with van der Waals surface area (Å²) in [5, 5.41) is 2.98. The topological polar surface area (TPSA) is 49.4 Å². The van der Waals surface area contributed by atoms with Crippen LogP contribution in [0.3, 0.4) is 0 Å². The van der Waals surface area contributed by atoms with E-state index in [4.69, 9.17) is 0 Å². The Hall–Kier alpha value is -1.36. The van der Waals surface area contributed by atoms with E-state index in [9.17, 15) is 9.59 Å². The summed E-state index contributed by atoms with van der Waals surface area (Å²) in [4.78, 5) is 28.4. The third kappa shape index (κ3) is 4.32. The van der Waals surface area contributed by atoms with Crippen LogP contribution >= 0.6 is 11.3 Å². The zero-order valence-corrected chi connectivity index (χ0v) is 14.5. The molecule has 1 aromatic rings. The molecule has 2 atom stereocenters. The van der Waals surface area contributed by atoms with Gasteiger partial charge in [0.25, 0.3) is 0 Å². The number of carbonyl (C=O) groups excluding carboxylic acids is 2. The molecule has 2 rings (SSSR count). The number of amides is 2. The zero-order valence-electron chi connectivity index (χ0n) is 13.7. The third-order valence-corrected chi connectivity index (χ3v) is 5.37. The Morgan fingerprint density at radius 1 is 1.32 bits per heavy atom. The number of carbonyl (C=O) groups is 2. The molecule has 1 aliphatic carbocycles. The maximum atomic E-state index is 12.1. The lowest BCUT2D eigenvalue weighted by Gasteiger charge is -2.18. The summed E-state index contributed by atoms with van der Waals surface area (Å²) in [5.74, 6) is 0.872. The second-order valence-corrected chi connectivity index (χ2v) is 7.18. The summed E-state index contributed by atoms with van der Waals surface area (Å²) in [6.45, 7) is 8.18. The number of nitrogens with one attached hydrogen (secondary N) is 1. The molecule has 1 aliphatic rings. The van der Waals surface area contributed by atoms with Crippen molar-refractivity contribution in [3.05, 3.63) is 21.9 Å². The lowest BCUT2D eigenvalue weighted by atomic mass is 10.2. The highest BCUT2D eigenvalue weighted by Gasteiger charge is 2.44. The van der Waals surface area contributed by atoms with Crippen LogP contribution in [0.5, 0.6) is 0 Å². The number of aryl methyl sites for hydroxylation is 1. The summed E-state index contributed by atoms with van der Waals surface area (Å²) >= 11 is 1.79. The fraction of sp³-hybridized carbons (Fsp3) is 0.647. The molecule has 0 saturated heterocycles. The van der Waals surface area contributed by atoms with Gasteiger partial charge >= 0.3 is 0 Å². The lowest BCUT2D eigenvalue weighted by molar-refractivity contribution is -0.131. The second kappa shape index (κ2) is 7.77. The molecule has 1 fully saturated rings. The molecule has 1 aromatic heterocycles. The summed E-state index contributed by atoms with van der Waals surface area (Å²) in [7, 11) is 0. The average molecular weight is 322 g/mol. The van der Waals surface area contributed by atoms with Crippen LogP contribution in [-0.2, 0) is 9.59 Å². The van der Waals surface area contributed by atoms with Crippen LogP contribution in [0.2, 0.25) is 0 Å². The maximum absolute atomic E-state index is 12.1. The van der Waals surface area contributed by atoms with Crippen molar-refractivity contribution in [1.82, 2.24) is 10.2 Å². The number of hydrogen-bond donors (Lipinski definition) is 1. The van der Waals surface area contributed by atoms with E-state index in [2.05, 4.69) is 24.4 Å². The Morgan fingerprint density at radius 3 is 2.64 bits per heavy atom. The highest BCUT2D eigenvalue weighted by atomic mass is 32.1. The van der Waals surface area contributed by atoms with Crippen molar-refractivity contribution in [3.63, 3.8) is 0 Å². The molecule has 0 aromatic carbocycles. The molecule has 1 N–H and O–H groups in total. The number of nitrogens with zero attached hydrogens (tertiary/aromatic N) is 1. The normalized spacial score (nSPS) is 19.8. The average Bonchev–Trinajstić information content (AvgIpc) is 3.19. The molecular formula is C17H26N2O2S. The molecule has 0 bridgehead atoms. The van der Waals surface area contributed by atoms with Gasteiger partial charge in [-0.05, 0) is 45.7 Å². The van der Waals surface area contributed by atoms with E-state index < -0.39 is 0 Å². The predicted molar refractivity (Wildman–Crippen MR) is 90.1 cm³/mol. The smallest absolute Gasteiger partial charge is 0.223 e. The van der Waals surface area contributed by atoms with Gasteiger partial charge in [0.15, 0.2) is 0 Å². The first-order valence-corrected chi connectivity index (χ1v) is 9.00. The van der Waals surface area contributed by atoms with Gasteiger partial charge in [0.05, 0.1) is 0 Å². The van der Waals surface area contributed by atoms with Crippen LogP contribution in [0.15, 0.2) is 12.1 Å². The van der Waals surface area contributed by atoms with Crippen molar-refractivity contribution >= 4 is 23.2 Å². The summed E-state index contributed by atoms with van der Waals surface area (Å²) in [5.41, 5.74) is 0. The van der Waals surface area contributed by atoms with Crippen LogP contribution in [0.1, 0.15) is 48.8 Å². The van der Waals surface area contributed by atoms with E-state index in [1.165, 1.54) is 9.75 Å². The third-order valence-electron chi connectivity index (χ3n) is 4.24.